The van der Waals surface area contributed by atoms with Crippen LogP contribution in [0.4, 0.5) is 9.52 Å². The fourth-order valence-electron chi connectivity index (χ4n) is 2.45. The third kappa shape index (κ3) is 4.39. The number of thiazole rings is 1. The number of carbonyl (C=O) groups excluding carboxylic acids is 1. The van der Waals surface area contributed by atoms with Crippen LogP contribution in [0.5, 0.6) is 0 Å². The third-order valence-corrected chi connectivity index (χ3v) is 4.45. The molecule has 0 spiro atoms. The van der Waals surface area contributed by atoms with Crippen molar-refractivity contribution in [2.45, 2.75) is 13.8 Å². The van der Waals surface area contributed by atoms with Gasteiger partial charge in [-0.3, -0.25) is 10.1 Å². The molecular formula is C20H17FN2OS. The first kappa shape index (κ1) is 17.0. The summed E-state index contributed by atoms with van der Waals surface area (Å²) in [7, 11) is 0. The maximum Gasteiger partial charge on any atom is 0.250 e. The molecule has 1 heterocycles. The molecule has 126 valence electrons. The van der Waals surface area contributed by atoms with Gasteiger partial charge in [-0.25, -0.2) is 9.37 Å². The van der Waals surface area contributed by atoms with Crippen LogP contribution in [0.25, 0.3) is 17.3 Å². The molecule has 0 unspecified atom stereocenters. The highest BCUT2D eigenvalue weighted by molar-refractivity contribution is 7.14. The quantitative estimate of drug-likeness (QED) is 0.654. The van der Waals surface area contributed by atoms with E-state index in [0.717, 1.165) is 22.4 Å². The van der Waals surface area contributed by atoms with Crippen molar-refractivity contribution in [1.82, 2.24) is 4.98 Å². The lowest BCUT2D eigenvalue weighted by Crippen LogP contribution is -2.07. The number of aryl methyl sites for hydroxylation is 2. The number of hydrogen-bond acceptors (Lipinski definition) is 3. The minimum atomic E-state index is -0.302. The van der Waals surface area contributed by atoms with Crippen molar-refractivity contribution in [3.8, 4) is 11.3 Å². The maximum absolute atomic E-state index is 12.9. The molecule has 0 aliphatic rings. The molecular weight excluding hydrogens is 335 g/mol. The Bertz CT molecular complexity index is 929. The van der Waals surface area contributed by atoms with E-state index in [0.29, 0.717) is 5.13 Å². The lowest BCUT2D eigenvalue weighted by Gasteiger charge is -2.03. The second-order valence-electron chi connectivity index (χ2n) is 5.73. The summed E-state index contributed by atoms with van der Waals surface area (Å²) in [4.78, 5) is 16.5. The molecule has 0 atom stereocenters. The predicted octanol–water partition coefficient (Wildman–Crippen LogP) is 5.22. The number of aromatic nitrogens is 1. The number of carbonyl (C=O) groups is 1. The predicted molar refractivity (Wildman–Crippen MR) is 101 cm³/mol. The maximum atomic E-state index is 12.9. The summed E-state index contributed by atoms with van der Waals surface area (Å²) in [5, 5.41) is 5.22. The number of nitrogens with one attached hydrogen (secondary N) is 1. The molecule has 0 aliphatic heterocycles. The minimum absolute atomic E-state index is 0.272. The molecule has 0 aliphatic carbocycles. The molecule has 2 aromatic carbocycles. The second-order valence-corrected chi connectivity index (χ2v) is 6.59. The lowest BCUT2D eigenvalue weighted by molar-refractivity contribution is -0.111. The van der Waals surface area contributed by atoms with Crippen LogP contribution >= 0.6 is 11.3 Å². The van der Waals surface area contributed by atoms with Crippen LogP contribution in [0.1, 0.15) is 16.7 Å². The molecule has 0 saturated carbocycles. The molecule has 3 rings (SSSR count). The summed E-state index contributed by atoms with van der Waals surface area (Å²) >= 11 is 1.38. The summed E-state index contributed by atoms with van der Waals surface area (Å²) in [6, 6.07) is 12.1. The normalized spacial score (nSPS) is 11.0. The summed E-state index contributed by atoms with van der Waals surface area (Å²) in [6.07, 6.45) is 3.04. The van der Waals surface area contributed by atoms with E-state index in [9.17, 15) is 9.18 Å². The molecule has 5 heteroatoms. The van der Waals surface area contributed by atoms with Gasteiger partial charge < -0.3 is 0 Å². The molecule has 0 radical (unpaired) electrons. The number of anilines is 1. The zero-order chi connectivity index (χ0) is 17.8. The Hall–Kier alpha value is -2.79. The van der Waals surface area contributed by atoms with E-state index < -0.39 is 0 Å². The van der Waals surface area contributed by atoms with Crippen molar-refractivity contribution in [2.24, 2.45) is 0 Å². The van der Waals surface area contributed by atoms with Gasteiger partial charge in [0.2, 0.25) is 5.91 Å². The van der Waals surface area contributed by atoms with Gasteiger partial charge in [0, 0.05) is 17.0 Å². The Morgan fingerprint density at radius 1 is 1.16 bits per heavy atom. The Morgan fingerprint density at radius 3 is 2.64 bits per heavy atom. The van der Waals surface area contributed by atoms with Crippen molar-refractivity contribution >= 4 is 28.5 Å². The highest BCUT2D eigenvalue weighted by Crippen LogP contribution is 2.28. The molecule has 0 fully saturated rings. The van der Waals surface area contributed by atoms with Crippen LogP contribution in [0, 0.1) is 19.7 Å². The van der Waals surface area contributed by atoms with E-state index in [-0.39, 0.29) is 11.7 Å². The van der Waals surface area contributed by atoms with Crippen LogP contribution in [0.2, 0.25) is 0 Å². The molecule has 1 N–H and O–H groups in total. The smallest absolute Gasteiger partial charge is 0.250 e. The zero-order valence-electron chi connectivity index (χ0n) is 13.9. The second kappa shape index (κ2) is 7.40. The van der Waals surface area contributed by atoms with Gasteiger partial charge in [0.25, 0.3) is 0 Å². The monoisotopic (exact) mass is 352 g/mol. The Labute approximate surface area is 149 Å². The largest absolute Gasteiger partial charge is 0.298 e. The highest BCUT2D eigenvalue weighted by atomic mass is 32.1. The van der Waals surface area contributed by atoms with Crippen LogP contribution in [0.3, 0.4) is 0 Å². The van der Waals surface area contributed by atoms with Crippen molar-refractivity contribution in [3.63, 3.8) is 0 Å². The first-order chi connectivity index (χ1) is 12.0. The summed E-state index contributed by atoms with van der Waals surface area (Å²) < 4.78 is 12.9. The number of amides is 1. The van der Waals surface area contributed by atoms with Crippen LogP contribution < -0.4 is 5.32 Å². The van der Waals surface area contributed by atoms with Crippen molar-refractivity contribution in [3.05, 3.63) is 76.4 Å². The fraction of sp³-hybridized carbons (Fsp3) is 0.100. The van der Waals surface area contributed by atoms with E-state index in [1.54, 1.807) is 18.2 Å². The van der Waals surface area contributed by atoms with Crippen molar-refractivity contribution in [2.75, 3.05) is 5.32 Å². The molecule has 3 nitrogen and oxygen atoms in total. The number of benzene rings is 2. The Kier molecular flexibility index (Phi) is 5.05. The Balaban J connectivity index is 1.68. The Morgan fingerprint density at radius 2 is 1.92 bits per heavy atom. The highest BCUT2D eigenvalue weighted by Gasteiger charge is 2.08. The van der Waals surface area contributed by atoms with Gasteiger partial charge in [-0.15, -0.1) is 11.3 Å². The summed E-state index contributed by atoms with van der Waals surface area (Å²) in [5.74, 6) is -0.575. The van der Waals surface area contributed by atoms with E-state index in [2.05, 4.69) is 23.3 Å². The van der Waals surface area contributed by atoms with Crippen LogP contribution in [0.15, 0.2) is 53.9 Å². The van der Waals surface area contributed by atoms with E-state index >= 15 is 0 Å². The average molecular weight is 352 g/mol. The number of hydrogen-bond donors (Lipinski definition) is 1. The first-order valence-corrected chi connectivity index (χ1v) is 8.67. The van der Waals surface area contributed by atoms with Gasteiger partial charge in [0.1, 0.15) is 5.82 Å². The van der Waals surface area contributed by atoms with Crippen LogP contribution in [-0.2, 0) is 4.79 Å². The van der Waals surface area contributed by atoms with Gasteiger partial charge >= 0.3 is 0 Å². The third-order valence-electron chi connectivity index (χ3n) is 3.69. The van der Waals surface area contributed by atoms with Gasteiger partial charge in [-0.2, -0.15) is 0 Å². The number of halogens is 1. The number of rotatable bonds is 4. The molecule has 25 heavy (non-hydrogen) atoms. The minimum Gasteiger partial charge on any atom is -0.298 e. The number of nitrogens with zero attached hydrogens (tertiary/aromatic N) is 1. The molecule has 3 aromatic rings. The van der Waals surface area contributed by atoms with Gasteiger partial charge in [0.05, 0.1) is 5.69 Å². The topological polar surface area (TPSA) is 42.0 Å². The van der Waals surface area contributed by atoms with Gasteiger partial charge in [0.15, 0.2) is 5.13 Å². The lowest BCUT2D eigenvalue weighted by atomic mass is 10.0. The van der Waals surface area contributed by atoms with E-state index in [1.807, 2.05) is 24.4 Å². The first-order valence-electron chi connectivity index (χ1n) is 7.79. The standard InChI is InChI=1S/C20H17FN2OS/c1-13-3-9-17(14(2)11-13)18-12-25-20(22-18)23-19(24)10-6-15-4-7-16(21)8-5-15/h3-12H,1-2H3,(H,22,23,24)/b10-6+. The zero-order valence-corrected chi connectivity index (χ0v) is 14.7. The molecule has 1 aromatic heterocycles. The average Bonchev–Trinajstić information content (AvgIpc) is 3.02. The van der Waals surface area contributed by atoms with Crippen molar-refractivity contribution < 1.29 is 9.18 Å². The van der Waals surface area contributed by atoms with Crippen LogP contribution in [-0.4, -0.2) is 10.9 Å². The molecule has 1 amide bonds. The van der Waals surface area contributed by atoms with Crippen molar-refractivity contribution in [1.29, 1.82) is 0 Å². The SMILES string of the molecule is Cc1ccc(-c2csc(NC(=O)/C=C/c3ccc(F)cc3)n2)c(C)c1. The van der Waals surface area contributed by atoms with E-state index in [1.165, 1.54) is 35.1 Å². The van der Waals surface area contributed by atoms with Gasteiger partial charge in [-0.05, 0) is 43.2 Å². The molecule has 0 saturated heterocycles. The van der Waals surface area contributed by atoms with Gasteiger partial charge in [-0.1, -0.05) is 35.9 Å². The summed E-state index contributed by atoms with van der Waals surface area (Å²) in [5.41, 5.74) is 5.02. The fourth-order valence-corrected chi connectivity index (χ4v) is 3.16. The molecule has 0 bridgehead atoms. The van der Waals surface area contributed by atoms with E-state index in [4.69, 9.17) is 0 Å². The summed E-state index contributed by atoms with van der Waals surface area (Å²) in [6.45, 7) is 4.10.